The summed E-state index contributed by atoms with van der Waals surface area (Å²) in [6.07, 6.45) is 1.99. The van der Waals surface area contributed by atoms with E-state index in [9.17, 15) is 4.79 Å². The van der Waals surface area contributed by atoms with Crippen LogP contribution in [0.2, 0.25) is 0 Å². The van der Waals surface area contributed by atoms with Crippen molar-refractivity contribution >= 4 is 17.6 Å². The smallest absolute Gasteiger partial charge is 0.354 e. The molecule has 0 aliphatic carbocycles. The monoisotopic (exact) mass is 294 g/mol. The van der Waals surface area contributed by atoms with Crippen LogP contribution in [0.5, 0.6) is 5.75 Å². The maximum Gasteiger partial charge on any atom is 0.354 e. The molecule has 3 rings (SSSR count). The second-order valence-electron chi connectivity index (χ2n) is 5.32. The van der Waals surface area contributed by atoms with Crippen molar-refractivity contribution < 1.29 is 14.3 Å². The van der Waals surface area contributed by atoms with Crippen LogP contribution in [0.1, 0.15) is 25.0 Å². The molecule has 22 heavy (non-hydrogen) atoms. The highest BCUT2D eigenvalue weighted by Gasteiger charge is 2.47. The Morgan fingerprint density at radius 1 is 1.14 bits per heavy atom. The standard InChI is InChI=1S/C19H18O3/c1-3-21-18(20)19(2)16(13-14-9-5-4-6-10-14)15-11-7-8-12-17(15)22-19/h4-13H,3H2,1-2H3/b16-13-. The number of carbonyl (C=O) groups is 1. The average molecular weight is 294 g/mol. The van der Waals surface area contributed by atoms with Crippen LogP contribution in [0, 0.1) is 0 Å². The maximum absolute atomic E-state index is 12.4. The number of carbonyl (C=O) groups excluding carboxylic acids is 1. The van der Waals surface area contributed by atoms with Crippen molar-refractivity contribution in [1.82, 2.24) is 0 Å². The van der Waals surface area contributed by atoms with Crippen LogP contribution in [-0.2, 0) is 9.53 Å². The van der Waals surface area contributed by atoms with Crippen molar-refractivity contribution in [1.29, 1.82) is 0 Å². The summed E-state index contributed by atoms with van der Waals surface area (Å²) < 4.78 is 11.2. The second-order valence-corrected chi connectivity index (χ2v) is 5.32. The van der Waals surface area contributed by atoms with Crippen molar-refractivity contribution in [2.75, 3.05) is 6.61 Å². The Kier molecular flexibility index (Phi) is 3.72. The van der Waals surface area contributed by atoms with Crippen molar-refractivity contribution in [2.24, 2.45) is 0 Å². The molecule has 0 saturated heterocycles. The summed E-state index contributed by atoms with van der Waals surface area (Å²) in [7, 11) is 0. The van der Waals surface area contributed by atoms with E-state index in [1.165, 1.54) is 0 Å². The number of esters is 1. The Hall–Kier alpha value is -2.55. The second kappa shape index (κ2) is 5.68. The molecule has 0 aromatic heterocycles. The van der Waals surface area contributed by atoms with Gasteiger partial charge in [-0.25, -0.2) is 4.79 Å². The lowest BCUT2D eigenvalue weighted by Crippen LogP contribution is -2.40. The van der Waals surface area contributed by atoms with E-state index in [0.717, 1.165) is 16.7 Å². The fourth-order valence-corrected chi connectivity index (χ4v) is 2.66. The molecule has 0 N–H and O–H groups in total. The Balaban J connectivity index is 2.12. The zero-order chi connectivity index (χ0) is 15.6. The molecule has 1 unspecified atom stereocenters. The zero-order valence-electron chi connectivity index (χ0n) is 12.7. The number of para-hydroxylation sites is 1. The van der Waals surface area contributed by atoms with Crippen molar-refractivity contribution in [3.63, 3.8) is 0 Å². The molecular formula is C19H18O3. The van der Waals surface area contributed by atoms with E-state index in [-0.39, 0.29) is 5.97 Å². The van der Waals surface area contributed by atoms with E-state index in [2.05, 4.69) is 0 Å². The molecule has 1 aliphatic heterocycles. The molecule has 0 fully saturated rings. The first kappa shape index (κ1) is 14.4. The predicted molar refractivity (Wildman–Crippen MR) is 86.4 cm³/mol. The van der Waals surface area contributed by atoms with Crippen LogP contribution in [0.15, 0.2) is 54.6 Å². The van der Waals surface area contributed by atoms with Crippen LogP contribution in [-0.4, -0.2) is 18.2 Å². The number of ether oxygens (including phenoxy) is 2. The number of rotatable bonds is 3. The molecule has 0 amide bonds. The highest BCUT2D eigenvalue weighted by atomic mass is 16.6. The van der Waals surface area contributed by atoms with Crippen molar-refractivity contribution in [2.45, 2.75) is 19.4 Å². The molecule has 0 saturated carbocycles. The van der Waals surface area contributed by atoms with Crippen LogP contribution >= 0.6 is 0 Å². The summed E-state index contributed by atoms with van der Waals surface area (Å²) in [5.74, 6) is 0.341. The van der Waals surface area contributed by atoms with Gasteiger partial charge in [0.1, 0.15) is 5.75 Å². The third-order valence-electron chi connectivity index (χ3n) is 3.78. The third-order valence-corrected chi connectivity index (χ3v) is 3.78. The first-order valence-corrected chi connectivity index (χ1v) is 7.38. The van der Waals surface area contributed by atoms with E-state index in [4.69, 9.17) is 9.47 Å². The summed E-state index contributed by atoms with van der Waals surface area (Å²) in [6.45, 7) is 3.89. The lowest BCUT2D eigenvalue weighted by Gasteiger charge is -2.23. The van der Waals surface area contributed by atoms with Gasteiger partial charge in [-0.2, -0.15) is 0 Å². The highest BCUT2D eigenvalue weighted by molar-refractivity contribution is 6.04. The minimum Gasteiger partial charge on any atom is -0.470 e. The normalized spacial score (nSPS) is 21.3. The fraction of sp³-hybridized carbons (Fsp3) is 0.211. The van der Waals surface area contributed by atoms with Gasteiger partial charge in [-0.1, -0.05) is 48.5 Å². The Bertz CT molecular complexity index is 718. The molecule has 3 nitrogen and oxygen atoms in total. The SMILES string of the molecule is CCOC(=O)C1(C)Oc2ccccc2/C1=C/c1ccccc1. The van der Waals surface area contributed by atoms with Gasteiger partial charge >= 0.3 is 5.97 Å². The van der Waals surface area contributed by atoms with Crippen molar-refractivity contribution in [3.05, 3.63) is 65.7 Å². The molecule has 2 aromatic carbocycles. The van der Waals surface area contributed by atoms with Gasteiger partial charge in [-0.15, -0.1) is 0 Å². The van der Waals surface area contributed by atoms with Gasteiger partial charge in [0.2, 0.25) is 5.60 Å². The van der Waals surface area contributed by atoms with E-state index < -0.39 is 5.60 Å². The molecule has 2 aromatic rings. The van der Waals surface area contributed by atoms with E-state index in [1.807, 2.05) is 60.7 Å². The molecule has 3 heteroatoms. The third kappa shape index (κ3) is 2.39. The molecular weight excluding hydrogens is 276 g/mol. The van der Waals surface area contributed by atoms with Gasteiger partial charge in [0, 0.05) is 11.1 Å². The lowest BCUT2D eigenvalue weighted by atomic mass is 9.90. The molecule has 0 bridgehead atoms. The molecule has 0 radical (unpaired) electrons. The van der Waals surface area contributed by atoms with Gasteiger partial charge in [0.05, 0.1) is 6.61 Å². The lowest BCUT2D eigenvalue weighted by molar-refractivity contribution is -0.154. The van der Waals surface area contributed by atoms with E-state index in [1.54, 1.807) is 13.8 Å². The summed E-state index contributed by atoms with van der Waals surface area (Å²) in [6, 6.07) is 17.6. The van der Waals surface area contributed by atoms with Gasteiger partial charge in [-0.3, -0.25) is 0 Å². The van der Waals surface area contributed by atoms with Crippen LogP contribution in [0.4, 0.5) is 0 Å². The summed E-state index contributed by atoms with van der Waals surface area (Å²) in [5, 5.41) is 0. The summed E-state index contributed by atoms with van der Waals surface area (Å²) >= 11 is 0. The number of hydrogen-bond acceptors (Lipinski definition) is 3. The fourth-order valence-electron chi connectivity index (χ4n) is 2.66. The van der Waals surface area contributed by atoms with Gasteiger partial charge in [0.15, 0.2) is 0 Å². The summed E-state index contributed by atoms with van der Waals surface area (Å²) in [4.78, 5) is 12.4. The maximum atomic E-state index is 12.4. The molecule has 1 heterocycles. The quantitative estimate of drug-likeness (QED) is 0.804. The Morgan fingerprint density at radius 2 is 1.82 bits per heavy atom. The topological polar surface area (TPSA) is 35.5 Å². The minimum absolute atomic E-state index is 0.326. The number of hydrogen-bond donors (Lipinski definition) is 0. The minimum atomic E-state index is -1.12. The van der Waals surface area contributed by atoms with Crippen LogP contribution in [0.3, 0.4) is 0 Å². The Labute approximate surface area is 130 Å². The first-order chi connectivity index (χ1) is 10.6. The van der Waals surface area contributed by atoms with Crippen LogP contribution in [0.25, 0.3) is 11.6 Å². The largest absolute Gasteiger partial charge is 0.470 e. The predicted octanol–water partition coefficient (Wildman–Crippen LogP) is 3.94. The van der Waals surface area contributed by atoms with Gasteiger partial charge < -0.3 is 9.47 Å². The van der Waals surface area contributed by atoms with E-state index in [0.29, 0.717) is 12.4 Å². The number of benzene rings is 2. The van der Waals surface area contributed by atoms with Gasteiger partial charge in [-0.05, 0) is 31.6 Å². The molecule has 1 aliphatic rings. The molecule has 112 valence electrons. The van der Waals surface area contributed by atoms with Crippen molar-refractivity contribution in [3.8, 4) is 5.75 Å². The molecule has 0 spiro atoms. The Morgan fingerprint density at radius 3 is 2.55 bits per heavy atom. The van der Waals surface area contributed by atoms with Crippen LogP contribution < -0.4 is 4.74 Å². The molecule has 1 atom stereocenters. The van der Waals surface area contributed by atoms with E-state index >= 15 is 0 Å². The highest BCUT2D eigenvalue weighted by Crippen LogP contribution is 2.45. The van der Waals surface area contributed by atoms with Gasteiger partial charge in [0.25, 0.3) is 0 Å². The first-order valence-electron chi connectivity index (χ1n) is 7.38. The summed E-state index contributed by atoms with van der Waals surface area (Å²) in [5.41, 5.74) is 1.67. The average Bonchev–Trinajstić information content (AvgIpc) is 2.82. The zero-order valence-corrected chi connectivity index (χ0v) is 12.7. The number of fused-ring (bicyclic) bond motifs is 1.